The molecule has 2 aromatic rings. The smallest absolute Gasteiger partial charge is 0.338 e. The first-order valence-electron chi connectivity index (χ1n) is 11.3. The van der Waals surface area contributed by atoms with Crippen molar-refractivity contribution in [1.29, 1.82) is 0 Å². The number of anilines is 1. The summed E-state index contributed by atoms with van der Waals surface area (Å²) in [5.41, 5.74) is 6.52. The van der Waals surface area contributed by atoms with Gasteiger partial charge in [-0.25, -0.2) is 4.79 Å². The zero-order valence-electron chi connectivity index (χ0n) is 18.9. The molecule has 4 atom stereocenters. The van der Waals surface area contributed by atoms with E-state index in [1.807, 2.05) is 6.92 Å². The number of carbonyl (C=O) groups excluding carboxylic acids is 5. The van der Waals surface area contributed by atoms with Gasteiger partial charge in [-0.2, -0.15) is 0 Å². The van der Waals surface area contributed by atoms with Gasteiger partial charge in [-0.3, -0.25) is 34.9 Å². The van der Waals surface area contributed by atoms with Crippen LogP contribution in [0.2, 0.25) is 0 Å². The van der Waals surface area contributed by atoms with Gasteiger partial charge in [-0.15, -0.1) is 0 Å². The standard InChI is InChI=1S/C26H23N3O6/c1-14-11-17-12-19(14)22-21(17)24(32)29(25(22)33)18-9-7-16(8-10-18)26(34)35-13-20(30)27-28-23(31)15-5-3-2-4-6-15/h2-11,17,19,21-22H,12-13H2,1H3,(H,27,30)(H,28,31)/t17-,19+,21+,22+/m0/s1. The molecule has 5 rings (SSSR count). The van der Waals surface area contributed by atoms with Crippen molar-refractivity contribution in [1.82, 2.24) is 10.9 Å². The minimum atomic E-state index is -0.755. The molecule has 178 valence electrons. The number of imide groups is 1. The van der Waals surface area contributed by atoms with Crippen molar-refractivity contribution in [3.63, 3.8) is 0 Å². The molecule has 2 bridgehead atoms. The first-order chi connectivity index (χ1) is 16.8. The summed E-state index contributed by atoms with van der Waals surface area (Å²) in [6.07, 6.45) is 2.98. The molecule has 4 amide bonds. The lowest BCUT2D eigenvalue weighted by atomic mass is 9.82. The molecule has 9 heteroatoms. The molecule has 2 fully saturated rings. The van der Waals surface area contributed by atoms with Crippen molar-refractivity contribution in [2.75, 3.05) is 11.5 Å². The minimum Gasteiger partial charge on any atom is -0.452 e. The quantitative estimate of drug-likeness (QED) is 0.297. The number of esters is 1. The maximum atomic E-state index is 13.0. The third-order valence-electron chi connectivity index (χ3n) is 6.93. The summed E-state index contributed by atoms with van der Waals surface area (Å²) >= 11 is 0. The Morgan fingerprint density at radius 3 is 2.31 bits per heavy atom. The van der Waals surface area contributed by atoms with Crippen LogP contribution in [0.3, 0.4) is 0 Å². The predicted octanol–water partition coefficient (Wildman–Crippen LogP) is 2.01. The topological polar surface area (TPSA) is 122 Å². The third-order valence-corrected chi connectivity index (χ3v) is 6.93. The van der Waals surface area contributed by atoms with Crippen LogP contribution in [0.1, 0.15) is 34.1 Å². The van der Waals surface area contributed by atoms with E-state index in [9.17, 15) is 24.0 Å². The Hall–Kier alpha value is -4.27. The van der Waals surface area contributed by atoms with Crippen LogP contribution in [0.25, 0.3) is 0 Å². The SMILES string of the molecule is CC1=C[C@H]2C[C@H]1[C@H]1C(=O)N(c3ccc(C(=O)OCC(=O)NNC(=O)c4ccccc4)cc3)C(=O)[C@@H]12. The number of hydrogen-bond acceptors (Lipinski definition) is 6. The monoisotopic (exact) mass is 473 g/mol. The van der Waals surface area contributed by atoms with E-state index >= 15 is 0 Å². The number of carbonyl (C=O) groups is 5. The van der Waals surface area contributed by atoms with Gasteiger partial charge in [0.1, 0.15) is 0 Å². The summed E-state index contributed by atoms with van der Waals surface area (Å²) in [5, 5.41) is 0. The van der Waals surface area contributed by atoms with Crippen molar-refractivity contribution in [3.8, 4) is 0 Å². The Morgan fingerprint density at radius 2 is 1.60 bits per heavy atom. The van der Waals surface area contributed by atoms with E-state index in [0.29, 0.717) is 11.3 Å². The number of nitrogens with zero attached hydrogens (tertiary/aromatic N) is 1. The summed E-state index contributed by atoms with van der Waals surface area (Å²) in [6, 6.07) is 14.2. The van der Waals surface area contributed by atoms with Crippen LogP contribution in [-0.4, -0.2) is 36.2 Å². The molecule has 0 radical (unpaired) electrons. The van der Waals surface area contributed by atoms with Gasteiger partial charge in [0.05, 0.1) is 23.1 Å². The Labute approximate surface area is 201 Å². The fourth-order valence-electron chi connectivity index (χ4n) is 5.31. The molecule has 0 unspecified atom stereocenters. The number of ether oxygens (including phenoxy) is 1. The number of hydrazine groups is 1. The zero-order chi connectivity index (χ0) is 24.7. The van der Waals surface area contributed by atoms with Crippen LogP contribution >= 0.6 is 0 Å². The van der Waals surface area contributed by atoms with E-state index in [1.165, 1.54) is 34.7 Å². The van der Waals surface area contributed by atoms with Crippen molar-refractivity contribution in [3.05, 3.63) is 77.4 Å². The highest BCUT2D eigenvalue weighted by Gasteiger charge is 2.60. The lowest BCUT2D eigenvalue weighted by Gasteiger charge is -2.19. The van der Waals surface area contributed by atoms with Crippen LogP contribution in [0.5, 0.6) is 0 Å². The van der Waals surface area contributed by atoms with Crippen LogP contribution in [0.4, 0.5) is 5.69 Å². The average Bonchev–Trinajstić information content (AvgIpc) is 3.51. The normalized spacial score (nSPS) is 24.1. The molecule has 0 spiro atoms. The maximum absolute atomic E-state index is 13.0. The number of hydrogen-bond donors (Lipinski definition) is 2. The summed E-state index contributed by atoms with van der Waals surface area (Å²) in [5.74, 6) is -2.72. The molecule has 1 heterocycles. The number of fused-ring (bicyclic) bond motifs is 5. The van der Waals surface area contributed by atoms with Gasteiger partial charge in [0.15, 0.2) is 6.61 Å². The number of nitrogens with one attached hydrogen (secondary N) is 2. The summed E-state index contributed by atoms with van der Waals surface area (Å²) < 4.78 is 4.99. The number of amides is 4. The van der Waals surface area contributed by atoms with Gasteiger partial charge in [-0.1, -0.05) is 29.8 Å². The second-order valence-electron chi connectivity index (χ2n) is 8.97. The van der Waals surface area contributed by atoms with Crippen molar-refractivity contribution in [2.45, 2.75) is 13.3 Å². The first kappa shape index (κ1) is 22.5. The molecule has 3 aliphatic rings. The van der Waals surface area contributed by atoms with E-state index in [-0.39, 0.29) is 41.0 Å². The number of benzene rings is 2. The predicted molar refractivity (Wildman–Crippen MR) is 124 cm³/mol. The third kappa shape index (κ3) is 3.99. The van der Waals surface area contributed by atoms with E-state index in [4.69, 9.17) is 4.74 Å². The Kier molecular flexibility index (Phi) is 5.68. The fourth-order valence-corrected chi connectivity index (χ4v) is 5.31. The fraction of sp³-hybridized carbons (Fsp3) is 0.269. The van der Waals surface area contributed by atoms with Crippen LogP contribution in [-0.2, 0) is 19.1 Å². The first-order valence-corrected chi connectivity index (χ1v) is 11.3. The van der Waals surface area contributed by atoms with Crippen LogP contribution in [0.15, 0.2) is 66.2 Å². The molecule has 35 heavy (non-hydrogen) atoms. The molecule has 2 N–H and O–H groups in total. The molecule has 1 saturated carbocycles. The van der Waals surface area contributed by atoms with Crippen molar-refractivity contribution >= 4 is 35.3 Å². The highest BCUT2D eigenvalue weighted by molar-refractivity contribution is 6.23. The lowest BCUT2D eigenvalue weighted by molar-refractivity contribution is -0.125. The van der Waals surface area contributed by atoms with Crippen molar-refractivity contribution in [2.24, 2.45) is 23.7 Å². The summed E-state index contributed by atoms with van der Waals surface area (Å²) in [4.78, 5) is 63.4. The Morgan fingerprint density at radius 1 is 0.914 bits per heavy atom. The van der Waals surface area contributed by atoms with Gasteiger partial charge in [0.2, 0.25) is 11.8 Å². The minimum absolute atomic E-state index is 0.115. The molecule has 1 saturated heterocycles. The van der Waals surface area contributed by atoms with E-state index in [1.54, 1.807) is 30.3 Å². The molecule has 9 nitrogen and oxygen atoms in total. The maximum Gasteiger partial charge on any atom is 0.338 e. The van der Waals surface area contributed by atoms with Gasteiger partial charge < -0.3 is 4.74 Å². The second-order valence-corrected chi connectivity index (χ2v) is 8.97. The molecule has 2 aromatic carbocycles. The van der Waals surface area contributed by atoms with Gasteiger partial charge in [-0.05, 0) is 61.6 Å². The van der Waals surface area contributed by atoms with Crippen molar-refractivity contribution < 1.29 is 28.7 Å². The molecule has 0 aromatic heterocycles. The van der Waals surface area contributed by atoms with Gasteiger partial charge >= 0.3 is 5.97 Å². The van der Waals surface area contributed by atoms with Crippen LogP contribution < -0.4 is 15.8 Å². The Balaban J connectivity index is 1.15. The Bertz CT molecular complexity index is 1250. The highest BCUT2D eigenvalue weighted by Crippen LogP contribution is 2.55. The van der Waals surface area contributed by atoms with E-state index in [2.05, 4.69) is 16.9 Å². The van der Waals surface area contributed by atoms with E-state index < -0.39 is 24.4 Å². The average molecular weight is 473 g/mol. The molecule has 1 aliphatic heterocycles. The molecular weight excluding hydrogens is 450 g/mol. The lowest BCUT2D eigenvalue weighted by Crippen LogP contribution is -2.43. The second kappa shape index (κ2) is 8.83. The number of allylic oxidation sites excluding steroid dienone is 2. The van der Waals surface area contributed by atoms with E-state index in [0.717, 1.165) is 6.42 Å². The summed E-state index contributed by atoms with van der Waals surface area (Å²) in [7, 11) is 0. The zero-order valence-corrected chi connectivity index (χ0v) is 18.9. The van der Waals surface area contributed by atoms with Gasteiger partial charge in [0.25, 0.3) is 11.8 Å². The molecule has 2 aliphatic carbocycles. The highest BCUT2D eigenvalue weighted by atomic mass is 16.5. The summed E-state index contributed by atoms with van der Waals surface area (Å²) in [6.45, 7) is 1.41. The number of rotatable bonds is 5. The molecular formula is C26H23N3O6. The van der Waals surface area contributed by atoms with Gasteiger partial charge in [0, 0.05) is 5.56 Å². The van der Waals surface area contributed by atoms with Crippen LogP contribution in [0, 0.1) is 23.7 Å². The largest absolute Gasteiger partial charge is 0.452 e.